The predicted octanol–water partition coefficient (Wildman–Crippen LogP) is 4.34. The smallest absolute Gasteiger partial charge is 0.120 e. The minimum absolute atomic E-state index is 0.552. The van der Waals surface area contributed by atoms with Gasteiger partial charge in [0.1, 0.15) is 5.75 Å². The molecule has 0 aliphatic carbocycles. The van der Waals surface area contributed by atoms with E-state index in [0.717, 1.165) is 18.8 Å². The van der Waals surface area contributed by atoms with Crippen LogP contribution in [0.4, 0.5) is 11.4 Å². The first-order chi connectivity index (χ1) is 11.0. The highest BCUT2D eigenvalue weighted by Gasteiger charge is 2.16. The third-order valence-electron chi connectivity index (χ3n) is 3.94. The van der Waals surface area contributed by atoms with Crippen molar-refractivity contribution in [3.8, 4) is 5.75 Å². The van der Waals surface area contributed by atoms with E-state index in [0.29, 0.717) is 5.92 Å². The molecular formula is C20H28N2O. The maximum Gasteiger partial charge on any atom is 0.120 e. The number of aryl methyl sites for hydroxylation is 1. The van der Waals surface area contributed by atoms with E-state index in [2.05, 4.69) is 80.2 Å². The highest BCUT2D eigenvalue weighted by atomic mass is 16.5. The summed E-state index contributed by atoms with van der Waals surface area (Å²) in [6.07, 6.45) is 0. The van der Waals surface area contributed by atoms with Gasteiger partial charge in [0.05, 0.1) is 7.11 Å². The van der Waals surface area contributed by atoms with Crippen LogP contribution >= 0.6 is 0 Å². The fraction of sp³-hybridized carbons (Fsp3) is 0.400. The largest absolute Gasteiger partial charge is 0.497 e. The summed E-state index contributed by atoms with van der Waals surface area (Å²) < 4.78 is 5.41. The lowest BCUT2D eigenvalue weighted by molar-refractivity contribution is 0.343. The fourth-order valence-corrected chi connectivity index (χ4v) is 2.98. The molecule has 0 bridgehead atoms. The van der Waals surface area contributed by atoms with E-state index < -0.39 is 0 Å². The summed E-state index contributed by atoms with van der Waals surface area (Å²) >= 11 is 0. The lowest BCUT2D eigenvalue weighted by Crippen LogP contribution is -2.30. The molecule has 2 aromatic carbocycles. The predicted molar refractivity (Wildman–Crippen MR) is 98.9 cm³/mol. The molecule has 0 fully saturated rings. The summed E-state index contributed by atoms with van der Waals surface area (Å²) in [5.74, 6) is 1.44. The van der Waals surface area contributed by atoms with Crippen LogP contribution < -0.4 is 9.64 Å². The molecule has 3 heteroatoms. The summed E-state index contributed by atoms with van der Waals surface area (Å²) in [6, 6.07) is 16.8. The maximum absolute atomic E-state index is 5.41. The Labute approximate surface area is 140 Å². The van der Waals surface area contributed by atoms with Crippen molar-refractivity contribution in [2.45, 2.75) is 13.8 Å². The Morgan fingerprint density at radius 2 is 1.74 bits per heavy atom. The van der Waals surface area contributed by atoms with Crippen molar-refractivity contribution >= 4 is 11.4 Å². The SMILES string of the molecule is COc1cccc(N(CC(C)CN(C)C)c2ccccc2C)c1. The number of para-hydroxylation sites is 1. The van der Waals surface area contributed by atoms with Gasteiger partial charge in [-0.15, -0.1) is 0 Å². The molecule has 0 amide bonds. The van der Waals surface area contributed by atoms with E-state index in [1.54, 1.807) is 7.11 Å². The number of benzene rings is 2. The summed E-state index contributed by atoms with van der Waals surface area (Å²) in [7, 11) is 5.96. The summed E-state index contributed by atoms with van der Waals surface area (Å²) in [5.41, 5.74) is 3.71. The minimum atomic E-state index is 0.552. The molecule has 0 aliphatic heterocycles. The number of methoxy groups -OCH3 is 1. The van der Waals surface area contributed by atoms with Gasteiger partial charge >= 0.3 is 0 Å². The van der Waals surface area contributed by atoms with Crippen molar-refractivity contribution in [2.75, 3.05) is 39.2 Å². The monoisotopic (exact) mass is 312 g/mol. The van der Waals surface area contributed by atoms with Crippen molar-refractivity contribution < 1.29 is 4.74 Å². The van der Waals surface area contributed by atoms with Crippen LogP contribution in [0.5, 0.6) is 5.75 Å². The van der Waals surface area contributed by atoms with Crippen molar-refractivity contribution in [2.24, 2.45) is 5.92 Å². The normalized spacial score (nSPS) is 12.3. The molecule has 0 aliphatic rings. The van der Waals surface area contributed by atoms with Crippen LogP contribution in [0, 0.1) is 12.8 Å². The lowest BCUT2D eigenvalue weighted by atomic mass is 10.1. The third kappa shape index (κ3) is 4.73. The molecule has 0 spiro atoms. The van der Waals surface area contributed by atoms with Crippen LogP contribution in [0.15, 0.2) is 48.5 Å². The van der Waals surface area contributed by atoms with Gasteiger partial charge in [0.25, 0.3) is 0 Å². The highest BCUT2D eigenvalue weighted by molar-refractivity contribution is 5.67. The van der Waals surface area contributed by atoms with Gasteiger partial charge < -0.3 is 14.5 Å². The van der Waals surface area contributed by atoms with Gasteiger partial charge in [-0.05, 0) is 50.7 Å². The second-order valence-electron chi connectivity index (χ2n) is 6.47. The molecule has 0 N–H and O–H groups in total. The molecule has 2 aromatic rings. The van der Waals surface area contributed by atoms with E-state index >= 15 is 0 Å². The Balaban J connectivity index is 2.36. The van der Waals surface area contributed by atoms with Crippen molar-refractivity contribution in [1.82, 2.24) is 4.90 Å². The van der Waals surface area contributed by atoms with Gasteiger partial charge in [-0.25, -0.2) is 0 Å². The maximum atomic E-state index is 5.41. The Morgan fingerprint density at radius 1 is 1.00 bits per heavy atom. The van der Waals surface area contributed by atoms with Crippen LogP contribution in [0.3, 0.4) is 0 Å². The molecule has 23 heavy (non-hydrogen) atoms. The van der Waals surface area contributed by atoms with Gasteiger partial charge in [0.15, 0.2) is 0 Å². The van der Waals surface area contributed by atoms with Crippen molar-refractivity contribution in [3.05, 3.63) is 54.1 Å². The summed E-state index contributed by atoms with van der Waals surface area (Å²) in [5, 5.41) is 0. The molecule has 2 rings (SSSR count). The van der Waals surface area contributed by atoms with E-state index in [9.17, 15) is 0 Å². The molecule has 0 heterocycles. The first-order valence-electron chi connectivity index (χ1n) is 8.13. The molecular weight excluding hydrogens is 284 g/mol. The van der Waals surface area contributed by atoms with Gasteiger partial charge in [0, 0.05) is 30.5 Å². The molecule has 3 nitrogen and oxygen atoms in total. The Hall–Kier alpha value is -2.00. The van der Waals surface area contributed by atoms with Crippen LogP contribution in [-0.4, -0.2) is 39.2 Å². The van der Waals surface area contributed by atoms with Gasteiger partial charge in [-0.3, -0.25) is 0 Å². The van der Waals surface area contributed by atoms with Crippen LogP contribution in [0.1, 0.15) is 12.5 Å². The number of hydrogen-bond donors (Lipinski definition) is 0. The Bertz CT molecular complexity index is 625. The number of nitrogens with zero attached hydrogens (tertiary/aromatic N) is 2. The third-order valence-corrected chi connectivity index (χ3v) is 3.94. The zero-order chi connectivity index (χ0) is 16.8. The molecule has 0 radical (unpaired) electrons. The molecule has 0 saturated heterocycles. The average molecular weight is 312 g/mol. The van der Waals surface area contributed by atoms with E-state index in [1.165, 1.54) is 16.9 Å². The van der Waals surface area contributed by atoms with Gasteiger partial charge in [-0.2, -0.15) is 0 Å². The molecule has 124 valence electrons. The van der Waals surface area contributed by atoms with Crippen LogP contribution in [0.2, 0.25) is 0 Å². The average Bonchev–Trinajstić information content (AvgIpc) is 2.53. The van der Waals surface area contributed by atoms with E-state index in [-0.39, 0.29) is 0 Å². The van der Waals surface area contributed by atoms with Crippen molar-refractivity contribution in [1.29, 1.82) is 0 Å². The molecule has 1 unspecified atom stereocenters. The number of rotatable bonds is 7. The number of anilines is 2. The topological polar surface area (TPSA) is 15.7 Å². The molecule has 0 saturated carbocycles. The molecule has 1 atom stereocenters. The van der Waals surface area contributed by atoms with E-state index in [4.69, 9.17) is 4.74 Å². The minimum Gasteiger partial charge on any atom is -0.497 e. The van der Waals surface area contributed by atoms with E-state index in [1.807, 2.05) is 6.07 Å². The van der Waals surface area contributed by atoms with Crippen LogP contribution in [-0.2, 0) is 0 Å². The quantitative estimate of drug-likeness (QED) is 0.756. The fourth-order valence-electron chi connectivity index (χ4n) is 2.98. The van der Waals surface area contributed by atoms with Gasteiger partial charge in [0.2, 0.25) is 0 Å². The highest BCUT2D eigenvalue weighted by Crippen LogP contribution is 2.31. The summed E-state index contributed by atoms with van der Waals surface area (Å²) in [4.78, 5) is 4.64. The number of ether oxygens (including phenoxy) is 1. The standard InChI is InChI=1S/C20H28N2O/c1-16(14-21(3)4)15-22(20-12-7-6-9-17(20)2)18-10-8-11-19(13-18)23-5/h6-13,16H,14-15H2,1-5H3. The number of hydrogen-bond acceptors (Lipinski definition) is 3. The first-order valence-corrected chi connectivity index (χ1v) is 8.13. The first kappa shape index (κ1) is 17.4. The zero-order valence-corrected chi connectivity index (χ0v) is 14.9. The summed E-state index contributed by atoms with van der Waals surface area (Å²) in [6.45, 7) is 6.49. The van der Waals surface area contributed by atoms with Crippen molar-refractivity contribution in [3.63, 3.8) is 0 Å². The van der Waals surface area contributed by atoms with Gasteiger partial charge in [-0.1, -0.05) is 31.2 Å². The lowest BCUT2D eigenvalue weighted by Gasteiger charge is -2.30. The Morgan fingerprint density at radius 3 is 2.39 bits per heavy atom. The van der Waals surface area contributed by atoms with Crippen LogP contribution in [0.25, 0.3) is 0 Å². The second kappa shape index (κ2) is 8.02. The zero-order valence-electron chi connectivity index (χ0n) is 14.9. The molecule has 0 aromatic heterocycles. The second-order valence-corrected chi connectivity index (χ2v) is 6.47. The Kier molecular flexibility index (Phi) is 6.05.